The zero-order valence-corrected chi connectivity index (χ0v) is 19.0. The van der Waals surface area contributed by atoms with E-state index in [9.17, 15) is 9.59 Å². The number of amides is 2. The Labute approximate surface area is 185 Å². The van der Waals surface area contributed by atoms with Gasteiger partial charge < -0.3 is 15.4 Å². The molecule has 0 saturated heterocycles. The molecule has 0 heterocycles. The van der Waals surface area contributed by atoms with E-state index in [2.05, 4.69) is 59.5 Å². The Balaban J connectivity index is 1.79. The van der Waals surface area contributed by atoms with E-state index in [0.29, 0.717) is 30.8 Å². The van der Waals surface area contributed by atoms with E-state index in [-0.39, 0.29) is 23.7 Å². The summed E-state index contributed by atoms with van der Waals surface area (Å²) in [6.07, 6.45) is 0.659. The van der Waals surface area contributed by atoms with Crippen LogP contribution in [0.5, 0.6) is 5.75 Å². The first-order valence-corrected chi connectivity index (χ1v) is 10.5. The molecule has 2 aromatic rings. The molecule has 0 aliphatic rings. The molecule has 0 atom stereocenters. The molecule has 7 heteroatoms. The number of ether oxygens (including phenoxy) is 1. The molecule has 2 aromatic carbocycles. The Hall–Kier alpha value is -2.85. The Morgan fingerprint density at radius 3 is 2.33 bits per heavy atom. The maximum Gasteiger partial charge on any atom is 0.238 e. The number of halogens is 1. The number of rotatable bonds is 8. The highest BCUT2D eigenvalue weighted by Crippen LogP contribution is 2.31. The van der Waals surface area contributed by atoms with E-state index in [4.69, 9.17) is 10.00 Å². The van der Waals surface area contributed by atoms with E-state index in [0.717, 1.165) is 10.2 Å². The first-order chi connectivity index (χ1) is 14.2. The molecule has 6 nitrogen and oxygen atoms in total. The van der Waals surface area contributed by atoms with Crippen LogP contribution in [0.15, 0.2) is 46.9 Å². The third-order valence-corrected chi connectivity index (χ3v) is 4.89. The van der Waals surface area contributed by atoms with Crippen molar-refractivity contribution in [3.63, 3.8) is 0 Å². The maximum absolute atomic E-state index is 12.2. The summed E-state index contributed by atoms with van der Waals surface area (Å²) < 4.78 is 6.69. The van der Waals surface area contributed by atoms with Crippen LogP contribution in [-0.4, -0.2) is 18.4 Å². The molecule has 0 aliphatic heterocycles. The van der Waals surface area contributed by atoms with Gasteiger partial charge in [0.15, 0.2) is 0 Å². The number of hydrogen-bond acceptors (Lipinski definition) is 4. The van der Waals surface area contributed by atoms with Gasteiger partial charge in [-0.2, -0.15) is 5.26 Å². The Morgan fingerprint density at radius 1 is 1.07 bits per heavy atom. The molecule has 0 fully saturated rings. The van der Waals surface area contributed by atoms with Crippen LogP contribution in [0.1, 0.15) is 45.6 Å². The average molecular weight is 472 g/mol. The van der Waals surface area contributed by atoms with E-state index >= 15 is 0 Å². The van der Waals surface area contributed by atoms with Gasteiger partial charge in [0.1, 0.15) is 12.2 Å². The molecule has 30 heavy (non-hydrogen) atoms. The van der Waals surface area contributed by atoms with Crippen molar-refractivity contribution in [2.24, 2.45) is 0 Å². The van der Waals surface area contributed by atoms with Gasteiger partial charge >= 0.3 is 0 Å². The van der Waals surface area contributed by atoms with Crippen molar-refractivity contribution < 1.29 is 14.3 Å². The number of nitrogens with zero attached hydrogens (tertiary/aromatic N) is 1. The number of carbonyl (C=O) groups excluding carboxylic acids is 2. The summed E-state index contributed by atoms with van der Waals surface area (Å²) in [6.45, 7) is 6.89. The smallest absolute Gasteiger partial charge is 0.238 e. The standard InChI is InChI=1S/C23H26BrN3O3/c1-23(2,3)16-9-10-20(19(24)14-16)30-13-5-8-21(28)26-17-6-4-7-18(15-17)27-22(29)11-12-25/h4,6-7,9-10,14-15H,5,8,11,13H2,1-3H3,(H,26,28)(H,27,29). The van der Waals surface area contributed by atoms with Gasteiger partial charge in [0.05, 0.1) is 17.1 Å². The largest absolute Gasteiger partial charge is 0.492 e. The van der Waals surface area contributed by atoms with Crippen molar-refractivity contribution in [2.45, 2.75) is 45.4 Å². The number of carbonyl (C=O) groups is 2. The average Bonchev–Trinajstić information content (AvgIpc) is 2.66. The number of benzene rings is 2. The summed E-state index contributed by atoms with van der Waals surface area (Å²) >= 11 is 3.55. The topological polar surface area (TPSA) is 91.2 Å². The van der Waals surface area contributed by atoms with Crippen LogP contribution in [0, 0.1) is 11.3 Å². The molecule has 0 bridgehead atoms. The molecular weight excluding hydrogens is 446 g/mol. The predicted molar refractivity (Wildman–Crippen MR) is 122 cm³/mol. The number of hydrogen-bond donors (Lipinski definition) is 2. The second-order valence-electron chi connectivity index (χ2n) is 7.86. The van der Waals surface area contributed by atoms with Crippen molar-refractivity contribution in [2.75, 3.05) is 17.2 Å². The highest BCUT2D eigenvalue weighted by Gasteiger charge is 2.15. The Bertz CT molecular complexity index is 945. The molecule has 2 amide bonds. The molecule has 158 valence electrons. The van der Waals surface area contributed by atoms with Crippen LogP contribution in [0.2, 0.25) is 0 Å². The molecule has 2 rings (SSSR count). The first kappa shape index (κ1) is 23.4. The summed E-state index contributed by atoms with van der Waals surface area (Å²) in [7, 11) is 0. The van der Waals surface area contributed by atoms with Crippen LogP contribution in [-0.2, 0) is 15.0 Å². The van der Waals surface area contributed by atoms with Gasteiger partial charge in [-0.25, -0.2) is 0 Å². The van der Waals surface area contributed by atoms with Gasteiger partial charge in [-0.05, 0) is 63.7 Å². The fourth-order valence-corrected chi connectivity index (χ4v) is 3.17. The molecule has 2 N–H and O–H groups in total. The fourth-order valence-electron chi connectivity index (χ4n) is 2.67. The molecule has 0 radical (unpaired) electrons. The highest BCUT2D eigenvalue weighted by molar-refractivity contribution is 9.10. The van der Waals surface area contributed by atoms with Crippen LogP contribution < -0.4 is 15.4 Å². The molecule has 0 aliphatic carbocycles. The lowest BCUT2D eigenvalue weighted by atomic mass is 9.87. The summed E-state index contributed by atoms with van der Waals surface area (Å²) in [5.74, 6) is 0.227. The summed E-state index contributed by atoms with van der Waals surface area (Å²) in [6, 6.07) is 14.6. The van der Waals surface area contributed by atoms with Crippen LogP contribution >= 0.6 is 15.9 Å². The fraction of sp³-hybridized carbons (Fsp3) is 0.348. The Morgan fingerprint density at radius 2 is 1.73 bits per heavy atom. The molecular formula is C23H26BrN3O3. The predicted octanol–water partition coefficient (Wildman–Crippen LogP) is 5.40. The monoisotopic (exact) mass is 471 g/mol. The van der Waals surface area contributed by atoms with Crippen molar-refractivity contribution in [3.8, 4) is 11.8 Å². The SMILES string of the molecule is CC(C)(C)c1ccc(OCCCC(=O)Nc2cccc(NC(=O)CC#N)c2)c(Br)c1. The molecule has 0 spiro atoms. The van der Waals surface area contributed by atoms with Crippen molar-refractivity contribution in [3.05, 3.63) is 52.5 Å². The zero-order valence-electron chi connectivity index (χ0n) is 17.4. The molecule has 0 unspecified atom stereocenters. The van der Waals surface area contributed by atoms with Gasteiger partial charge in [-0.15, -0.1) is 0 Å². The van der Waals surface area contributed by atoms with Crippen molar-refractivity contribution in [1.29, 1.82) is 5.26 Å². The molecule has 0 aromatic heterocycles. The normalized spacial score (nSPS) is 10.8. The third-order valence-electron chi connectivity index (χ3n) is 4.27. The first-order valence-electron chi connectivity index (χ1n) is 9.68. The molecule has 0 saturated carbocycles. The van der Waals surface area contributed by atoms with Gasteiger partial charge in [0.2, 0.25) is 11.8 Å². The van der Waals surface area contributed by atoms with Crippen LogP contribution in [0.25, 0.3) is 0 Å². The minimum atomic E-state index is -0.389. The Kier molecular flexibility index (Phi) is 8.43. The zero-order chi connectivity index (χ0) is 22.1. The quantitative estimate of drug-likeness (QED) is 0.504. The summed E-state index contributed by atoms with van der Waals surface area (Å²) in [5, 5.41) is 14.0. The number of nitriles is 1. The summed E-state index contributed by atoms with van der Waals surface area (Å²) in [4.78, 5) is 23.7. The van der Waals surface area contributed by atoms with Crippen molar-refractivity contribution in [1.82, 2.24) is 0 Å². The highest BCUT2D eigenvalue weighted by atomic mass is 79.9. The van der Waals surface area contributed by atoms with Gasteiger partial charge in [-0.1, -0.05) is 32.9 Å². The van der Waals surface area contributed by atoms with Gasteiger partial charge in [0.25, 0.3) is 0 Å². The second-order valence-corrected chi connectivity index (χ2v) is 8.71. The lowest BCUT2D eigenvalue weighted by Crippen LogP contribution is -2.14. The summed E-state index contributed by atoms with van der Waals surface area (Å²) in [5.41, 5.74) is 2.39. The minimum absolute atomic E-state index is 0.0645. The van der Waals surface area contributed by atoms with Crippen LogP contribution in [0.3, 0.4) is 0 Å². The lowest BCUT2D eigenvalue weighted by molar-refractivity contribution is -0.116. The third kappa shape index (κ3) is 7.53. The van der Waals surface area contributed by atoms with E-state index in [1.165, 1.54) is 5.56 Å². The number of anilines is 2. The van der Waals surface area contributed by atoms with Gasteiger partial charge in [-0.3, -0.25) is 9.59 Å². The van der Waals surface area contributed by atoms with E-state index in [1.807, 2.05) is 6.07 Å². The minimum Gasteiger partial charge on any atom is -0.492 e. The second kappa shape index (κ2) is 10.8. The van der Waals surface area contributed by atoms with Crippen molar-refractivity contribution >= 4 is 39.1 Å². The van der Waals surface area contributed by atoms with Crippen LogP contribution in [0.4, 0.5) is 11.4 Å². The maximum atomic E-state index is 12.2. The van der Waals surface area contributed by atoms with E-state index < -0.39 is 0 Å². The van der Waals surface area contributed by atoms with E-state index in [1.54, 1.807) is 30.3 Å². The van der Waals surface area contributed by atoms with Gasteiger partial charge in [0, 0.05) is 17.8 Å². The number of nitrogens with one attached hydrogen (secondary N) is 2. The lowest BCUT2D eigenvalue weighted by Gasteiger charge is -2.20.